The van der Waals surface area contributed by atoms with Crippen LogP contribution in [0.25, 0.3) is 0 Å². The Hall–Kier alpha value is -1.35. The standard InChI is InChI=1S/C14H21NO2/c1-4-15-13(14(16)17-3)10-11(2)12-8-6-5-7-9-12/h5-9,11,13,15H,4,10H2,1-3H3. The molecule has 0 heterocycles. The molecule has 2 atom stereocenters. The summed E-state index contributed by atoms with van der Waals surface area (Å²) in [5.41, 5.74) is 1.25. The fourth-order valence-electron chi connectivity index (χ4n) is 1.92. The van der Waals surface area contributed by atoms with Gasteiger partial charge in [0, 0.05) is 0 Å². The molecule has 94 valence electrons. The summed E-state index contributed by atoms with van der Waals surface area (Å²) in [7, 11) is 1.43. The molecule has 0 aliphatic rings. The van der Waals surface area contributed by atoms with Crippen LogP contribution in [0.3, 0.4) is 0 Å². The summed E-state index contributed by atoms with van der Waals surface area (Å²) in [5, 5.41) is 3.16. The summed E-state index contributed by atoms with van der Waals surface area (Å²) in [4.78, 5) is 11.6. The summed E-state index contributed by atoms with van der Waals surface area (Å²) in [6.45, 7) is 4.88. The van der Waals surface area contributed by atoms with Crippen LogP contribution in [0.5, 0.6) is 0 Å². The van der Waals surface area contributed by atoms with Gasteiger partial charge in [-0.25, -0.2) is 0 Å². The Balaban J connectivity index is 2.64. The lowest BCUT2D eigenvalue weighted by Gasteiger charge is -2.19. The third kappa shape index (κ3) is 4.19. The number of methoxy groups -OCH3 is 1. The zero-order chi connectivity index (χ0) is 12.7. The van der Waals surface area contributed by atoms with Gasteiger partial charge in [-0.15, -0.1) is 0 Å². The fraction of sp³-hybridized carbons (Fsp3) is 0.500. The van der Waals surface area contributed by atoms with Crippen molar-refractivity contribution in [1.29, 1.82) is 0 Å². The molecule has 3 nitrogen and oxygen atoms in total. The van der Waals surface area contributed by atoms with Crippen LogP contribution in [0.15, 0.2) is 30.3 Å². The van der Waals surface area contributed by atoms with Gasteiger partial charge in [0.05, 0.1) is 7.11 Å². The number of rotatable bonds is 6. The smallest absolute Gasteiger partial charge is 0.322 e. The number of likely N-dealkylation sites (N-methyl/N-ethyl adjacent to an activating group) is 1. The molecule has 17 heavy (non-hydrogen) atoms. The SMILES string of the molecule is CCNC(CC(C)c1ccccc1)C(=O)OC. The fourth-order valence-corrected chi connectivity index (χ4v) is 1.92. The number of carbonyl (C=O) groups excluding carboxylic acids is 1. The van der Waals surface area contributed by atoms with Crippen LogP contribution in [-0.4, -0.2) is 25.7 Å². The van der Waals surface area contributed by atoms with E-state index in [2.05, 4.69) is 24.4 Å². The third-order valence-corrected chi connectivity index (χ3v) is 2.89. The van der Waals surface area contributed by atoms with E-state index in [1.807, 2.05) is 25.1 Å². The minimum atomic E-state index is -0.222. The van der Waals surface area contributed by atoms with E-state index in [1.54, 1.807) is 0 Å². The lowest BCUT2D eigenvalue weighted by atomic mass is 9.94. The van der Waals surface area contributed by atoms with Gasteiger partial charge in [0.25, 0.3) is 0 Å². The molecule has 1 aromatic rings. The predicted octanol–water partition coefficient (Wildman–Crippen LogP) is 2.33. The lowest BCUT2D eigenvalue weighted by Crippen LogP contribution is -2.38. The summed E-state index contributed by atoms with van der Waals surface area (Å²) < 4.78 is 4.80. The Morgan fingerprint density at radius 3 is 2.53 bits per heavy atom. The van der Waals surface area contributed by atoms with E-state index < -0.39 is 0 Å². The molecule has 1 N–H and O–H groups in total. The van der Waals surface area contributed by atoms with Crippen molar-refractivity contribution < 1.29 is 9.53 Å². The van der Waals surface area contributed by atoms with Crippen LogP contribution in [0.1, 0.15) is 31.7 Å². The minimum absolute atomic E-state index is 0.186. The Morgan fingerprint density at radius 2 is 2.00 bits per heavy atom. The number of hydrogen-bond acceptors (Lipinski definition) is 3. The second-order valence-electron chi connectivity index (χ2n) is 4.18. The van der Waals surface area contributed by atoms with Gasteiger partial charge < -0.3 is 10.1 Å². The lowest BCUT2D eigenvalue weighted by molar-refractivity contribution is -0.143. The normalized spacial score (nSPS) is 14.1. The van der Waals surface area contributed by atoms with E-state index >= 15 is 0 Å². The molecule has 0 bridgehead atoms. The monoisotopic (exact) mass is 235 g/mol. The topological polar surface area (TPSA) is 38.3 Å². The molecule has 0 aliphatic heterocycles. The average molecular weight is 235 g/mol. The summed E-state index contributed by atoms with van der Waals surface area (Å²) in [5.74, 6) is 0.147. The first-order valence-corrected chi connectivity index (χ1v) is 6.05. The highest BCUT2D eigenvalue weighted by molar-refractivity contribution is 5.75. The molecule has 0 fully saturated rings. The Labute approximate surface area is 103 Å². The molecule has 0 aliphatic carbocycles. The third-order valence-electron chi connectivity index (χ3n) is 2.89. The number of esters is 1. The van der Waals surface area contributed by atoms with E-state index in [9.17, 15) is 4.79 Å². The second-order valence-corrected chi connectivity index (χ2v) is 4.18. The molecular weight excluding hydrogens is 214 g/mol. The molecule has 1 rings (SSSR count). The maximum absolute atomic E-state index is 11.6. The van der Waals surface area contributed by atoms with Gasteiger partial charge >= 0.3 is 5.97 Å². The van der Waals surface area contributed by atoms with Crippen molar-refractivity contribution in [2.75, 3.05) is 13.7 Å². The Bertz CT molecular complexity index is 337. The Kier molecular flexibility index (Phi) is 5.70. The molecule has 0 saturated carbocycles. The number of hydrogen-bond donors (Lipinski definition) is 1. The van der Waals surface area contributed by atoms with Crippen molar-refractivity contribution in [2.45, 2.75) is 32.2 Å². The highest BCUT2D eigenvalue weighted by atomic mass is 16.5. The number of benzene rings is 1. The molecule has 1 aromatic carbocycles. The second kappa shape index (κ2) is 7.07. The van der Waals surface area contributed by atoms with Crippen LogP contribution in [0, 0.1) is 0 Å². The van der Waals surface area contributed by atoms with E-state index in [4.69, 9.17) is 4.74 Å². The van der Waals surface area contributed by atoms with Gasteiger partial charge in [-0.3, -0.25) is 4.79 Å². The summed E-state index contributed by atoms with van der Waals surface area (Å²) >= 11 is 0. The van der Waals surface area contributed by atoms with Crippen molar-refractivity contribution in [1.82, 2.24) is 5.32 Å². The van der Waals surface area contributed by atoms with E-state index in [0.29, 0.717) is 5.92 Å². The highest BCUT2D eigenvalue weighted by Crippen LogP contribution is 2.20. The van der Waals surface area contributed by atoms with Crippen molar-refractivity contribution >= 4 is 5.97 Å². The highest BCUT2D eigenvalue weighted by Gasteiger charge is 2.21. The van der Waals surface area contributed by atoms with E-state index in [0.717, 1.165) is 13.0 Å². The molecule has 0 amide bonds. The molecule has 3 heteroatoms. The van der Waals surface area contributed by atoms with Crippen LogP contribution < -0.4 is 5.32 Å². The maximum atomic E-state index is 11.6. The first kappa shape index (κ1) is 13.7. The van der Waals surface area contributed by atoms with Crippen LogP contribution >= 0.6 is 0 Å². The first-order chi connectivity index (χ1) is 8.19. The zero-order valence-electron chi connectivity index (χ0n) is 10.8. The van der Waals surface area contributed by atoms with E-state index in [1.165, 1.54) is 12.7 Å². The number of nitrogens with one attached hydrogen (secondary N) is 1. The summed E-state index contributed by atoms with van der Waals surface area (Å²) in [6, 6.07) is 9.99. The molecule has 0 saturated heterocycles. The van der Waals surface area contributed by atoms with Gasteiger partial charge in [0.2, 0.25) is 0 Å². The van der Waals surface area contributed by atoms with Gasteiger partial charge in [-0.1, -0.05) is 44.2 Å². The van der Waals surface area contributed by atoms with Crippen LogP contribution in [0.2, 0.25) is 0 Å². The van der Waals surface area contributed by atoms with Crippen molar-refractivity contribution in [3.63, 3.8) is 0 Å². The van der Waals surface area contributed by atoms with Gasteiger partial charge in [0.1, 0.15) is 6.04 Å². The van der Waals surface area contributed by atoms with Crippen molar-refractivity contribution in [3.8, 4) is 0 Å². The maximum Gasteiger partial charge on any atom is 0.322 e. The molecular formula is C14H21NO2. The average Bonchev–Trinajstić information content (AvgIpc) is 2.38. The van der Waals surface area contributed by atoms with Crippen LogP contribution in [-0.2, 0) is 9.53 Å². The molecule has 2 unspecified atom stereocenters. The molecule has 0 aromatic heterocycles. The summed E-state index contributed by atoms with van der Waals surface area (Å²) in [6.07, 6.45) is 0.754. The first-order valence-electron chi connectivity index (χ1n) is 6.05. The zero-order valence-corrected chi connectivity index (χ0v) is 10.8. The van der Waals surface area contributed by atoms with Gasteiger partial charge in [-0.2, -0.15) is 0 Å². The van der Waals surface area contributed by atoms with Crippen LogP contribution in [0.4, 0.5) is 0 Å². The molecule has 0 radical (unpaired) electrons. The Morgan fingerprint density at radius 1 is 1.35 bits per heavy atom. The van der Waals surface area contributed by atoms with Gasteiger partial charge in [0.15, 0.2) is 0 Å². The largest absolute Gasteiger partial charge is 0.468 e. The predicted molar refractivity (Wildman–Crippen MR) is 69.0 cm³/mol. The molecule has 0 spiro atoms. The van der Waals surface area contributed by atoms with Crippen molar-refractivity contribution in [2.24, 2.45) is 0 Å². The van der Waals surface area contributed by atoms with Crippen molar-refractivity contribution in [3.05, 3.63) is 35.9 Å². The van der Waals surface area contributed by atoms with Gasteiger partial charge in [-0.05, 0) is 24.4 Å². The van der Waals surface area contributed by atoms with E-state index in [-0.39, 0.29) is 12.0 Å². The number of ether oxygens (including phenoxy) is 1. The quantitative estimate of drug-likeness (QED) is 0.769. The number of carbonyl (C=O) groups is 1. The minimum Gasteiger partial charge on any atom is -0.468 e.